The number of likely N-dealkylation sites (tertiary alicyclic amines) is 1. The van der Waals surface area contributed by atoms with Gasteiger partial charge in [-0.05, 0) is 24.5 Å². The number of benzene rings is 1. The standard InChI is InChI=1S/C19H24N4O2/c1-22-14-17(7-8-18(22)24)21-19(25)20-16-9-11-23(12-10-16)13-15-5-3-2-4-6-15/h2-8,14,16H,9-13H2,1H3,(H2,20,21,25). The molecule has 0 atom stereocenters. The molecule has 1 saturated heterocycles. The molecule has 0 radical (unpaired) electrons. The lowest BCUT2D eigenvalue weighted by atomic mass is 10.0. The topological polar surface area (TPSA) is 66.4 Å². The van der Waals surface area contributed by atoms with Gasteiger partial charge in [0.05, 0.1) is 5.69 Å². The van der Waals surface area contributed by atoms with Crippen LogP contribution in [0.4, 0.5) is 10.5 Å². The molecule has 1 aliphatic rings. The number of pyridine rings is 1. The fourth-order valence-electron chi connectivity index (χ4n) is 3.10. The van der Waals surface area contributed by atoms with Crippen LogP contribution in [0.5, 0.6) is 0 Å². The number of aromatic nitrogens is 1. The van der Waals surface area contributed by atoms with Gasteiger partial charge in [0.15, 0.2) is 0 Å². The van der Waals surface area contributed by atoms with Crippen molar-refractivity contribution in [1.29, 1.82) is 0 Å². The van der Waals surface area contributed by atoms with Crippen LogP contribution in [0.15, 0.2) is 53.5 Å². The maximum absolute atomic E-state index is 12.1. The van der Waals surface area contributed by atoms with Crippen molar-refractivity contribution in [3.8, 4) is 0 Å². The summed E-state index contributed by atoms with van der Waals surface area (Å²) in [5.74, 6) is 0. The lowest BCUT2D eigenvalue weighted by molar-refractivity contribution is 0.190. The molecule has 0 spiro atoms. The van der Waals surface area contributed by atoms with Crippen molar-refractivity contribution in [2.45, 2.75) is 25.4 Å². The van der Waals surface area contributed by atoms with E-state index in [2.05, 4.69) is 39.8 Å². The first-order valence-corrected chi connectivity index (χ1v) is 8.60. The minimum atomic E-state index is -0.222. The molecule has 1 fully saturated rings. The number of hydrogen-bond donors (Lipinski definition) is 2. The Morgan fingerprint density at radius 2 is 1.84 bits per heavy atom. The highest BCUT2D eigenvalue weighted by molar-refractivity contribution is 5.89. The van der Waals surface area contributed by atoms with Crippen molar-refractivity contribution in [2.75, 3.05) is 18.4 Å². The molecule has 6 nitrogen and oxygen atoms in total. The molecule has 0 saturated carbocycles. The molecule has 132 valence electrons. The fourth-order valence-corrected chi connectivity index (χ4v) is 3.10. The summed E-state index contributed by atoms with van der Waals surface area (Å²) in [5.41, 5.74) is 1.83. The number of nitrogens with zero attached hydrogens (tertiary/aromatic N) is 2. The number of nitrogens with one attached hydrogen (secondary N) is 2. The van der Waals surface area contributed by atoms with Crippen LogP contribution in [0.2, 0.25) is 0 Å². The lowest BCUT2D eigenvalue weighted by Gasteiger charge is -2.32. The second-order valence-corrected chi connectivity index (χ2v) is 6.50. The van der Waals surface area contributed by atoms with E-state index in [4.69, 9.17) is 0 Å². The van der Waals surface area contributed by atoms with E-state index >= 15 is 0 Å². The monoisotopic (exact) mass is 340 g/mol. The molecule has 0 unspecified atom stereocenters. The van der Waals surface area contributed by atoms with E-state index in [1.807, 2.05) is 6.07 Å². The highest BCUT2D eigenvalue weighted by Crippen LogP contribution is 2.14. The summed E-state index contributed by atoms with van der Waals surface area (Å²) in [6.45, 7) is 2.90. The summed E-state index contributed by atoms with van der Waals surface area (Å²) in [5, 5.41) is 5.81. The van der Waals surface area contributed by atoms with Gasteiger partial charge in [-0.15, -0.1) is 0 Å². The quantitative estimate of drug-likeness (QED) is 0.896. The molecule has 2 N–H and O–H groups in total. The molecule has 1 aromatic heterocycles. The maximum Gasteiger partial charge on any atom is 0.319 e. The molecule has 3 rings (SSSR count). The zero-order valence-corrected chi connectivity index (χ0v) is 14.4. The number of aryl methyl sites for hydroxylation is 1. The minimum Gasteiger partial charge on any atom is -0.335 e. The van der Waals surface area contributed by atoms with Gasteiger partial charge >= 0.3 is 6.03 Å². The average Bonchev–Trinajstić information content (AvgIpc) is 2.61. The Hall–Kier alpha value is -2.60. The van der Waals surface area contributed by atoms with E-state index in [-0.39, 0.29) is 17.6 Å². The summed E-state index contributed by atoms with van der Waals surface area (Å²) in [4.78, 5) is 25.9. The Labute approximate surface area is 147 Å². The molecular weight excluding hydrogens is 316 g/mol. The Kier molecular flexibility index (Phi) is 5.50. The van der Waals surface area contributed by atoms with Crippen molar-refractivity contribution >= 4 is 11.7 Å². The molecule has 1 aromatic carbocycles. The number of carbonyl (C=O) groups excluding carboxylic acids is 1. The maximum atomic E-state index is 12.1. The molecule has 0 aliphatic carbocycles. The van der Waals surface area contributed by atoms with Crippen LogP contribution in [-0.2, 0) is 13.6 Å². The second kappa shape index (κ2) is 7.98. The predicted octanol–water partition coefficient (Wildman–Crippen LogP) is 2.17. The molecule has 6 heteroatoms. The number of rotatable bonds is 4. The minimum absolute atomic E-state index is 0.100. The Bertz CT molecular complexity index is 764. The SMILES string of the molecule is Cn1cc(NC(=O)NC2CCN(Cc3ccccc3)CC2)ccc1=O. The van der Waals surface area contributed by atoms with Gasteiger partial charge < -0.3 is 15.2 Å². The van der Waals surface area contributed by atoms with Gasteiger partial charge in [0.1, 0.15) is 0 Å². The van der Waals surface area contributed by atoms with Gasteiger partial charge in [-0.2, -0.15) is 0 Å². The third-order valence-corrected chi connectivity index (χ3v) is 4.52. The Morgan fingerprint density at radius 1 is 1.12 bits per heavy atom. The van der Waals surface area contributed by atoms with E-state index in [0.29, 0.717) is 5.69 Å². The summed E-state index contributed by atoms with van der Waals surface area (Å²) in [6, 6.07) is 13.5. The van der Waals surface area contributed by atoms with Crippen molar-refractivity contribution in [3.63, 3.8) is 0 Å². The zero-order chi connectivity index (χ0) is 17.6. The van der Waals surface area contributed by atoms with Gasteiger partial charge in [0.2, 0.25) is 5.56 Å². The van der Waals surface area contributed by atoms with Crippen LogP contribution >= 0.6 is 0 Å². The first-order chi connectivity index (χ1) is 12.1. The third-order valence-electron chi connectivity index (χ3n) is 4.52. The van der Waals surface area contributed by atoms with Gasteiger partial charge in [-0.25, -0.2) is 4.79 Å². The van der Waals surface area contributed by atoms with Crippen LogP contribution in [-0.4, -0.2) is 34.6 Å². The van der Waals surface area contributed by atoms with Crippen LogP contribution in [0.3, 0.4) is 0 Å². The van der Waals surface area contributed by atoms with Crippen molar-refractivity contribution in [3.05, 3.63) is 64.6 Å². The van der Waals surface area contributed by atoms with Gasteiger partial charge in [0, 0.05) is 45.0 Å². The van der Waals surface area contributed by atoms with Crippen molar-refractivity contribution in [2.24, 2.45) is 7.05 Å². The molecule has 2 amide bonds. The smallest absolute Gasteiger partial charge is 0.319 e. The first-order valence-electron chi connectivity index (χ1n) is 8.60. The van der Waals surface area contributed by atoms with E-state index in [1.54, 1.807) is 19.3 Å². The van der Waals surface area contributed by atoms with Crippen molar-refractivity contribution in [1.82, 2.24) is 14.8 Å². The summed E-state index contributed by atoms with van der Waals surface area (Å²) < 4.78 is 1.44. The van der Waals surface area contributed by atoms with E-state index in [0.717, 1.165) is 32.5 Å². The Morgan fingerprint density at radius 3 is 2.52 bits per heavy atom. The molecular formula is C19H24N4O2. The summed E-state index contributed by atoms with van der Waals surface area (Å²) in [7, 11) is 1.66. The van der Waals surface area contributed by atoms with Crippen LogP contribution in [0.1, 0.15) is 18.4 Å². The normalized spacial score (nSPS) is 15.7. The van der Waals surface area contributed by atoms with E-state index in [1.165, 1.54) is 16.2 Å². The van der Waals surface area contributed by atoms with Crippen LogP contribution < -0.4 is 16.2 Å². The number of urea groups is 1. The lowest BCUT2D eigenvalue weighted by Crippen LogP contribution is -2.45. The fraction of sp³-hybridized carbons (Fsp3) is 0.368. The molecule has 1 aliphatic heterocycles. The van der Waals surface area contributed by atoms with Gasteiger partial charge in [-0.3, -0.25) is 9.69 Å². The van der Waals surface area contributed by atoms with Crippen molar-refractivity contribution < 1.29 is 4.79 Å². The highest BCUT2D eigenvalue weighted by atomic mass is 16.2. The average molecular weight is 340 g/mol. The zero-order valence-electron chi connectivity index (χ0n) is 14.4. The second-order valence-electron chi connectivity index (χ2n) is 6.50. The molecule has 2 heterocycles. The number of piperidine rings is 1. The number of amides is 2. The highest BCUT2D eigenvalue weighted by Gasteiger charge is 2.20. The third kappa shape index (κ3) is 4.93. The van der Waals surface area contributed by atoms with E-state index < -0.39 is 0 Å². The summed E-state index contributed by atoms with van der Waals surface area (Å²) >= 11 is 0. The molecule has 25 heavy (non-hydrogen) atoms. The number of hydrogen-bond acceptors (Lipinski definition) is 3. The first kappa shape index (κ1) is 17.2. The predicted molar refractivity (Wildman–Crippen MR) is 98.6 cm³/mol. The van der Waals surface area contributed by atoms with Gasteiger partial charge in [0.25, 0.3) is 0 Å². The summed E-state index contributed by atoms with van der Waals surface area (Å²) in [6.07, 6.45) is 3.49. The molecule has 0 bridgehead atoms. The Balaban J connectivity index is 1.44. The number of carbonyl (C=O) groups is 1. The largest absolute Gasteiger partial charge is 0.335 e. The number of anilines is 1. The van der Waals surface area contributed by atoms with Crippen LogP contribution in [0, 0.1) is 0 Å². The van der Waals surface area contributed by atoms with E-state index in [9.17, 15) is 9.59 Å². The molecule has 2 aromatic rings. The van der Waals surface area contributed by atoms with Crippen LogP contribution in [0.25, 0.3) is 0 Å². The van der Waals surface area contributed by atoms with Gasteiger partial charge in [-0.1, -0.05) is 30.3 Å².